The molecule has 0 heterocycles. The molecule has 0 radical (unpaired) electrons. The molecule has 7 nitrogen and oxygen atoms in total. The molecule has 2 aromatic rings. The van der Waals surface area contributed by atoms with E-state index in [1.165, 1.54) is 6.21 Å². The van der Waals surface area contributed by atoms with Gasteiger partial charge in [-0.05, 0) is 37.2 Å². The van der Waals surface area contributed by atoms with Crippen molar-refractivity contribution in [3.05, 3.63) is 58.6 Å². The lowest BCUT2D eigenvalue weighted by Gasteiger charge is -2.14. The zero-order valence-electron chi connectivity index (χ0n) is 16.0. The first kappa shape index (κ1) is 22.4. The van der Waals surface area contributed by atoms with Crippen LogP contribution in [-0.4, -0.2) is 37.0 Å². The first-order valence-corrected chi connectivity index (χ1v) is 9.76. The lowest BCUT2D eigenvalue weighted by atomic mass is 10.1. The number of benzene rings is 2. The highest BCUT2D eigenvalue weighted by Crippen LogP contribution is 2.33. The molecule has 29 heavy (non-hydrogen) atoms. The molecular weight excluding hydrogens is 412 g/mol. The van der Waals surface area contributed by atoms with Crippen molar-refractivity contribution in [2.24, 2.45) is 10.8 Å². The number of hydrazone groups is 1. The molecule has 0 unspecified atom stereocenters. The van der Waals surface area contributed by atoms with E-state index >= 15 is 0 Å². The first-order chi connectivity index (χ1) is 14.0. The van der Waals surface area contributed by atoms with E-state index in [1.54, 1.807) is 12.1 Å². The predicted octanol–water partition coefficient (Wildman–Crippen LogP) is 2.64. The Kier molecular flexibility index (Phi) is 9.20. The van der Waals surface area contributed by atoms with Crippen molar-refractivity contribution in [1.29, 1.82) is 0 Å². The summed E-state index contributed by atoms with van der Waals surface area (Å²) in [5, 5.41) is 7.12. The van der Waals surface area contributed by atoms with Crippen LogP contribution in [0.2, 0.25) is 5.02 Å². The Bertz CT molecular complexity index is 862. The van der Waals surface area contributed by atoms with Crippen LogP contribution in [0.1, 0.15) is 18.1 Å². The number of carbonyl (C=O) groups is 1. The van der Waals surface area contributed by atoms with Gasteiger partial charge in [0.05, 0.1) is 17.8 Å². The molecule has 0 aromatic heterocycles. The third kappa shape index (κ3) is 7.97. The summed E-state index contributed by atoms with van der Waals surface area (Å²) < 4.78 is 11.2. The van der Waals surface area contributed by atoms with Gasteiger partial charge < -0.3 is 20.5 Å². The smallest absolute Gasteiger partial charge is 0.257 e. The van der Waals surface area contributed by atoms with Crippen LogP contribution in [0.4, 0.5) is 0 Å². The maximum absolute atomic E-state index is 12.1. The Balaban J connectivity index is 1.94. The fourth-order valence-electron chi connectivity index (χ4n) is 2.38. The third-order valence-corrected chi connectivity index (χ3v) is 4.10. The minimum Gasteiger partial charge on any atom is -0.490 e. The lowest BCUT2D eigenvalue weighted by Crippen LogP contribution is -2.30. The number of carbonyl (C=O) groups excluding carboxylic acids is 1. The molecule has 0 aliphatic rings. The lowest BCUT2D eigenvalue weighted by molar-refractivity contribution is -0.123. The van der Waals surface area contributed by atoms with Gasteiger partial charge in [-0.3, -0.25) is 10.2 Å². The fourth-order valence-corrected chi connectivity index (χ4v) is 2.64. The molecule has 0 saturated carbocycles. The summed E-state index contributed by atoms with van der Waals surface area (Å²) in [7, 11) is 0. The van der Waals surface area contributed by atoms with Gasteiger partial charge in [-0.25, -0.2) is 0 Å². The molecule has 2 aromatic carbocycles. The molecule has 2 rings (SSSR count). The second-order valence-electron chi connectivity index (χ2n) is 5.86. The minimum absolute atomic E-state index is 0.0423. The summed E-state index contributed by atoms with van der Waals surface area (Å²) >= 11 is 11.0. The average molecular weight is 435 g/mol. The van der Waals surface area contributed by atoms with Gasteiger partial charge in [0, 0.05) is 18.2 Å². The zero-order valence-corrected chi connectivity index (χ0v) is 17.6. The zero-order chi connectivity index (χ0) is 21.1. The number of halogens is 1. The highest BCUT2D eigenvalue weighted by molar-refractivity contribution is 7.80. The number of rotatable bonds is 10. The molecule has 0 fully saturated rings. The molecule has 9 heteroatoms. The van der Waals surface area contributed by atoms with Gasteiger partial charge in [-0.2, -0.15) is 5.10 Å². The Morgan fingerprint density at radius 2 is 1.97 bits per heavy atom. The molecule has 0 saturated heterocycles. The SMILES string of the molecule is CCOc1cc(C=NNC(N)=S)c(Cl)cc1OCC(=O)NCCc1ccccc1. The van der Waals surface area contributed by atoms with Crippen LogP contribution >= 0.6 is 23.8 Å². The number of amides is 1. The number of nitrogens with zero attached hydrogens (tertiary/aromatic N) is 1. The quantitative estimate of drug-likeness (QED) is 0.302. The van der Waals surface area contributed by atoms with E-state index in [2.05, 4.69) is 28.1 Å². The van der Waals surface area contributed by atoms with E-state index in [9.17, 15) is 4.79 Å². The van der Waals surface area contributed by atoms with Crippen molar-refractivity contribution in [3.8, 4) is 11.5 Å². The second kappa shape index (κ2) is 11.9. The summed E-state index contributed by atoms with van der Waals surface area (Å²) in [5.41, 5.74) is 9.51. The molecule has 1 amide bonds. The number of nitrogens with two attached hydrogens (primary N) is 1. The summed E-state index contributed by atoms with van der Waals surface area (Å²) in [6.07, 6.45) is 2.21. The average Bonchev–Trinajstić information content (AvgIpc) is 2.69. The number of nitrogens with one attached hydrogen (secondary N) is 2. The van der Waals surface area contributed by atoms with Gasteiger partial charge in [0.2, 0.25) is 0 Å². The summed E-state index contributed by atoms with van der Waals surface area (Å²) in [5.74, 6) is 0.589. The monoisotopic (exact) mass is 434 g/mol. The molecule has 154 valence electrons. The highest BCUT2D eigenvalue weighted by atomic mass is 35.5. The van der Waals surface area contributed by atoms with Gasteiger partial charge in [-0.15, -0.1) is 0 Å². The topological polar surface area (TPSA) is 98.0 Å². The molecule has 0 aliphatic carbocycles. The van der Waals surface area contributed by atoms with E-state index < -0.39 is 0 Å². The molecule has 0 aliphatic heterocycles. The Morgan fingerprint density at radius 1 is 1.24 bits per heavy atom. The van der Waals surface area contributed by atoms with Crippen molar-refractivity contribution in [1.82, 2.24) is 10.7 Å². The summed E-state index contributed by atoms with van der Waals surface area (Å²) in [4.78, 5) is 12.1. The van der Waals surface area contributed by atoms with Crippen molar-refractivity contribution in [3.63, 3.8) is 0 Å². The van der Waals surface area contributed by atoms with Crippen molar-refractivity contribution in [2.75, 3.05) is 19.8 Å². The van der Waals surface area contributed by atoms with Gasteiger partial charge in [0.1, 0.15) is 0 Å². The Hall–Kier alpha value is -2.84. The van der Waals surface area contributed by atoms with E-state index in [0.29, 0.717) is 35.2 Å². The standard InChI is InChI=1S/C20H23ClN4O3S/c1-2-27-17-10-15(12-24-25-20(22)29)16(21)11-18(17)28-13-19(26)23-9-8-14-6-4-3-5-7-14/h3-7,10-12H,2,8-9,13H2,1H3,(H,23,26)(H3,22,25,29). The predicted molar refractivity (Wildman–Crippen MR) is 119 cm³/mol. The van der Waals surface area contributed by atoms with Gasteiger partial charge in [0.15, 0.2) is 23.2 Å². The van der Waals surface area contributed by atoms with Crippen LogP contribution in [0.15, 0.2) is 47.6 Å². The molecular formula is C20H23ClN4O3S. The Labute approximate surface area is 180 Å². The van der Waals surface area contributed by atoms with Gasteiger partial charge in [0.25, 0.3) is 5.91 Å². The van der Waals surface area contributed by atoms with Crippen LogP contribution in [0, 0.1) is 0 Å². The molecule has 0 atom stereocenters. The van der Waals surface area contributed by atoms with Crippen molar-refractivity contribution in [2.45, 2.75) is 13.3 Å². The maximum Gasteiger partial charge on any atom is 0.257 e. The third-order valence-electron chi connectivity index (χ3n) is 3.68. The van der Waals surface area contributed by atoms with Crippen LogP contribution in [0.5, 0.6) is 11.5 Å². The molecule has 4 N–H and O–H groups in total. The largest absolute Gasteiger partial charge is 0.490 e. The summed E-state index contributed by atoms with van der Waals surface area (Å²) in [6, 6.07) is 13.2. The van der Waals surface area contributed by atoms with Crippen molar-refractivity contribution >= 4 is 41.1 Å². The number of hydrogen-bond acceptors (Lipinski definition) is 5. The van der Waals surface area contributed by atoms with Crippen molar-refractivity contribution < 1.29 is 14.3 Å². The second-order valence-corrected chi connectivity index (χ2v) is 6.71. The summed E-state index contributed by atoms with van der Waals surface area (Å²) in [6.45, 7) is 2.64. The van der Waals surface area contributed by atoms with E-state index in [4.69, 9.17) is 26.8 Å². The van der Waals surface area contributed by atoms with Gasteiger partial charge >= 0.3 is 0 Å². The minimum atomic E-state index is -0.231. The van der Waals surface area contributed by atoms with E-state index in [-0.39, 0.29) is 17.6 Å². The van der Waals surface area contributed by atoms with Crippen LogP contribution < -0.4 is 25.9 Å². The fraction of sp³-hybridized carbons (Fsp3) is 0.250. The number of thiocarbonyl (C=S) groups is 1. The molecule has 0 spiro atoms. The number of ether oxygens (including phenoxy) is 2. The van der Waals surface area contributed by atoms with Crippen LogP contribution in [0.3, 0.4) is 0 Å². The normalized spacial score (nSPS) is 10.6. The van der Waals surface area contributed by atoms with E-state index in [0.717, 1.165) is 12.0 Å². The van der Waals surface area contributed by atoms with Crippen LogP contribution in [0.25, 0.3) is 0 Å². The molecule has 0 bridgehead atoms. The Morgan fingerprint density at radius 3 is 2.66 bits per heavy atom. The van der Waals surface area contributed by atoms with E-state index in [1.807, 2.05) is 37.3 Å². The first-order valence-electron chi connectivity index (χ1n) is 8.98. The number of hydrogen-bond donors (Lipinski definition) is 3. The van der Waals surface area contributed by atoms with Gasteiger partial charge in [-0.1, -0.05) is 41.9 Å². The highest BCUT2D eigenvalue weighted by Gasteiger charge is 2.12. The van der Waals surface area contributed by atoms with Crippen LogP contribution in [-0.2, 0) is 11.2 Å². The maximum atomic E-state index is 12.1.